The number of hydrogen-bond donors (Lipinski definition) is 1. The van der Waals surface area contributed by atoms with Gasteiger partial charge in [0, 0.05) is 11.6 Å². The van der Waals surface area contributed by atoms with Crippen LogP contribution < -0.4 is 10.1 Å². The molecule has 2 heterocycles. The van der Waals surface area contributed by atoms with Gasteiger partial charge in [0.15, 0.2) is 11.0 Å². The number of ether oxygens (including phenoxy) is 1. The summed E-state index contributed by atoms with van der Waals surface area (Å²) in [5.41, 5.74) is 0.894. The number of hydrogen-bond acceptors (Lipinski definition) is 6. The number of methoxy groups -OCH3 is 1. The fourth-order valence-electron chi connectivity index (χ4n) is 3.88. The summed E-state index contributed by atoms with van der Waals surface area (Å²) in [4.78, 5) is 12.5. The van der Waals surface area contributed by atoms with Crippen LogP contribution >= 0.6 is 11.8 Å². The summed E-state index contributed by atoms with van der Waals surface area (Å²) in [6.07, 6.45) is 6.13. The molecule has 0 aliphatic heterocycles. The molecule has 1 aliphatic rings. The third-order valence-electron chi connectivity index (χ3n) is 5.65. The first-order valence-electron chi connectivity index (χ1n) is 10.6. The molecule has 164 valence electrons. The van der Waals surface area contributed by atoms with Gasteiger partial charge in [-0.1, -0.05) is 30.8 Å². The zero-order valence-corrected chi connectivity index (χ0v) is 18.7. The number of nitrogens with zero attached hydrogens (tertiary/aromatic N) is 3. The Balaban J connectivity index is 1.48. The Labute approximate surface area is 186 Å². The van der Waals surface area contributed by atoms with Crippen molar-refractivity contribution in [2.45, 2.75) is 50.4 Å². The number of thioether (sulfide) groups is 1. The maximum absolute atomic E-state index is 12.5. The van der Waals surface area contributed by atoms with Crippen molar-refractivity contribution in [1.29, 1.82) is 0 Å². The quantitative estimate of drug-likeness (QED) is 0.524. The van der Waals surface area contributed by atoms with E-state index in [1.807, 2.05) is 41.0 Å². The van der Waals surface area contributed by atoms with Crippen molar-refractivity contribution in [2.75, 3.05) is 12.9 Å². The first-order chi connectivity index (χ1) is 15.1. The van der Waals surface area contributed by atoms with E-state index < -0.39 is 0 Å². The highest BCUT2D eigenvalue weighted by Crippen LogP contribution is 2.28. The van der Waals surface area contributed by atoms with E-state index in [2.05, 4.69) is 22.4 Å². The molecule has 1 fully saturated rings. The van der Waals surface area contributed by atoms with Gasteiger partial charge in [-0.2, -0.15) is 0 Å². The number of carbonyl (C=O) groups is 1. The van der Waals surface area contributed by atoms with Crippen LogP contribution in [-0.4, -0.2) is 39.6 Å². The highest BCUT2D eigenvalue weighted by atomic mass is 32.2. The Morgan fingerprint density at radius 2 is 2.06 bits per heavy atom. The molecule has 1 aliphatic carbocycles. The summed E-state index contributed by atoms with van der Waals surface area (Å²) in [6, 6.07) is 11.8. The van der Waals surface area contributed by atoms with Crippen molar-refractivity contribution >= 4 is 17.7 Å². The average molecular weight is 441 g/mol. The Morgan fingerprint density at radius 1 is 1.23 bits per heavy atom. The summed E-state index contributed by atoms with van der Waals surface area (Å²) in [6.45, 7) is 2.76. The van der Waals surface area contributed by atoms with Crippen LogP contribution in [0.15, 0.2) is 52.2 Å². The highest BCUT2D eigenvalue weighted by molar-refractivity contribution is 7.99. The number of benzene rings is 1. The third-order valence-corrected chi connectivity index (χ3v) is 6.62. The Morgan fingerprint density at radius 3 is 2.81 bits per heavy atom. The summed E-state index contributed by atoms with van der Waals surface area (Å²) >= 11 is 1.40. The standard InChI is InChI=1S/C23H28N4O3S/c1-16-8-10-18(11-9-16)24-21(28)15-31-23-26-25-22(17-5-3-6-19(13-17)29-2)27(23)14-20-7-4-12-30-20/h3-7,12-13,16,18H,8-11,14-15H2,1-2H3,(H,24,28). The second-order valence-electron chi connectivity index (χ2n) is 8.02. The van der Waals surface area contributed by atoms with E-state index in [1.54, 1.807) is 13.4 Å². The summed E-state index contributed by atoms with van der Waals surface area (Å²) in [7, 11) is 1.64. The molecule has 7 nitrogen and oxygen atoms in total. The molecule has 0 unspecified atom stereocenters. The normalized spacial score (nSPS) is 18.6. The second-order valence-corrected chi connectivity index (χ2v) is 8.96. The summed E-state index contributed by atoms with van der Waals surface area (Å²) in [5, 5.41) is 12.6. The monoisotopic (exact) mass is 440 g/mol. The van der Waals surface area contributed by atoms with Gasteiger partial charge in [0.25, 0.3) is 0 Å². The fraction of sp³-hybridized carbons (Fsp3) is 0.435. The largest absolute Gasteiger partial charge is 0.497 e. The molecule has 1 N–H and O–H groups in total. The summed E-state index contributed by atoms with van der Waals surface area (Å²) < 4.78 is 12.9. The smallest absolute Gasteiger partial charge is 0.230 e. The van der Waals surface area contributed by atoms with E-state index in [4.69, 9.17) is 9.15 Å². The molecule has 0 atom stereocenters. The molecule has 0 bridgehead atoms. The van der Waals surface area contributed by atoms with E-state index in [9.17, 15) is 4.79 Å². The van der Waals surface area contributed by atoms with Crippen LogP contribution in [0.2, 0.25) is 0 Å². The topological polar surface area (TPSA) is 82.2 Å². The molecular weight excluding hydrogens is 412 g/mol. The molecular formula is C23H28N4O3S. The zero-order chi connectivity index (χ0) is 21.6. The van der Waals surface area contributed by atoms with Gasteiger partial charge < -0.3 is 14.5 Å². The first kappa shape index (κ1) is 21.5. The van der Waals surface area contributed by atoms with Crippen molar-refractivity contribution in [3.05, 3.63) is 48.4 Å². The Kier molecular flexibility index (Phi) is 6.96. The van der Waals surface area contributed by atoms with Gasteiger partial charge >= 0.3 is 0 Å². The highest BCUT2D eigenvalue weighted by Gasteiger charge is 2.21. The molecule has 0 spiro atoms. The van der Waals surface area contributed by atoms with Gasteiger partial charge in [-0.25, -0.2) is 0 Å². The van der Waals surface area contributed by atoms with E-state index in [0.717, 1.165) is 35.8 Å². The number of furan rings is 1. The predicted octanol–water partition coefficient (Wildman–Crippen LogP) is 4.38. The Bertz CT molecular complexity index is 994. The molecule has 0 saturated heterocycles. The number of carbonyl (C=O) groups excluding carboxylic acids is 1. The van der Waals surface area contributed by atoms with Gasteiger partial charge in [-0.05, 0) is 55.9 Å². The maximum Gasteiger partial charge on any atom is 0.230 e. The zero-order valence-electron chi connectivity index (χ0n) is 17.9. The van der Waals surface area contributed by atoms with Crippen molar-refractivity contribution in [3.8, 4) is 17.1 Å². The van der Waals surface area contributed by atoms with Crippen LogP contribution in [0.1, 0.15) is 38.4 Å². The predicted molar refractivity (Wildman–Crippen MR) is 120 cm³/mol. The SMILES string of the molecule is COc1cccc(-c2nnc(SCC(=O)NC3CCC(C)CC3)n2Cc2ccco2)c1. The fourth-order valence-corrected chi connectivity index (χ4v) is 4.62. The van der Waals surface area contributed by atoms with E-state index in [1.165, 1.54) is 24.6 Å². The number of nitrogens with one attached hydrogen (secondary N) is 1. The van der Waals surface area contributed by atoms with E-state index in [0.29, 0.717) is 23.3 Å². The lowest BCUT2D eigenvalue weighted by atomic mass is 9.87. The van der Waals surface area contributed by atoms with Gasteiger partial charge in [-0.3, -0.25) is 9.36 Å². The molecule has 1 saturated carbocycles. The van der Waals surface area contributed by atoms with E-state index in [-0.39, 0.29) is 11.9 Å². The minimum absolute atomic E-state index is 0.0417. The van der Waals surface area contributed by atoms with Crippen molar-refractivity contribution < 1.29 is 13.9 Å². The lowest BCUT2D eigenvalue weighted by Gasteiger charge is -2.26. The average Bonchev–Trinajstić information content (AvgIpc) is 3.44. The van der Waals surface area contributed by atoms with Crippen LogP contribution in [-0.2, 0) is 11.3 Å². The second kappa shape index (κ2) is 10.0. The van der Waals surface area contributed by atoms with Gasteiger partial charge in [0.05, 0.1) is 25.7 Å². The number of aromatic nitrogens is 3. The molecule has 1 amide bonds. The molecule has 0 radical (unpaired) electrons. The Hall–Kier alpha value is -2.74. The van der Waals surface area contributed by atoms with E-state index >= 15 is 0 Å². The maximum atomic E-state index is 12.5. The third kappa shape index (κ3) is 5.50. The van der Waals surface area contributed by atoms with Crippen LogP contribution in [0, 0.1) is 5.92 Å². The van der Waals surface area contributed by atoms with Crippen LogP contribution in [0.25, 0.3) is 11.4 Å². The minimum Gasteiger partial charge on any atom is -0.497 e. The van der Waals surface area contributed by atoms with Gasteiger partial charge in [-0.15, -0.1) is 10.2 Å². The number of rotatable bonds is 8. The van der Waals surface area contributed by atoms with Crippen molar-refractivity contribution in [3.63, 3.8) is 0 Å². The molecule has 4 rings (SSSR count). The van der Waals surface area contributed by atoms with Crippen LogP contribution in [0.5, 0.6) is 5.75 Å². The van der Waals surface area contributed by atoms with Gasteiger partial charge in [0.1, 0.15) is 11.5 Å². The van der Waals surface area contributed by atoms with Gasteiger partial charge in [0.2, 0.25) is 5.91 Å². The number of amides is 1. The van der Waals surface area contributed by atoms with Crippen molar-refractivity contribution in [1.82, 2.24) is 20.1 Å². The van der Waals surface area contributed by atoms with Crippen LogP contribution in [0.3, 0.4) is 0 Å². The molecule has 2 aromatic heterocycles. The minimum atomic E-state index is 0.0417. The molecule has 3 aromatic rings. The lowest BCUT2D eigenvalue weighted by Crippen LogP contribution is -2.38. The molecule has 31 heavy (non-hydrogen) atoms. The van der Waals surface area contributed by atoms with Crippen LogP contribution in [0.4, 0.5) is 0 Å². The molecule has 8 heteroatoms. The first-order valence-corrected chi connectivity index (χ1v) is 11.6. The molecule has 1 aromatic carbocycles. The lowest BCUT2D eigenvalue weighted by molar-refractivity contribution is -0.119. The van der Waals surface area contributed by atoms with Crippen molar-refractivity contribution in [2.24, 2.45) is 5.92 Å². The summed E-state index contributed by atoms with van der Waals surface area (Å²) in [5.74, 6) is 3.37.